The van der Waals surface area contributed by atoms with E-state index < -0.39 is 24.3 Å². The van der Waals surface area contributed by atoms with Crippen LogP contribution >= 0.6 is 0 Å². The average Bonchev–Trinajstić information content (AvgIpc) is 3.69. The maximum absolute atomic E-state index is 14.7. The van der Waals surface area contributed by atoms with Crippen molar-refractivity contribution in [3.8, 4) is 33.5 Å². The first-order valence-corrected chi connectivity index (χ1v) is 30.2. The smallest absolute Gasteiger partial charge is 0.407 e. The quantitative estimate of drug-likeness (QED) is 0.0990. The number of ether oxygens (including phenoxy) is 2. The van der Waals surface area contributed by atoms with Crippen LogP contribution in [0.5, 0.6) is 0 Å². The van der Waals surface area contributed by atoms with Crippen LogP contribution in [0.1, 0.15) is 159 Å². The van der Waals surface area contributed by atoms with E-state index in [1.165, 1.54) is 116 Å². The molecule has 2 aromatic heterocycles. The number of methoxy groups -OCH3 is 2. The summed E-state index contributed by atoms with van der Waals surface area (Å²) in [5.41, 5.74) is 17.3. The van der Waals surface area contributed by atoms with E-state index in [0.717, 1.165) is 98.1 Å². The van der Waals surface area contributed by atoms with Gasteiger partial charge in [-0.25, -0.2) is 19.6 Å². The molecule has 4 N–H and O–H groups in total. The molecule has 2 aliphatic heterocycles. The van der Waals surface area contributed by atoms with E-state index in [2.05, 4.69) is 63.1 Å². The molecule has 7 aromatic rings. The van der Waals surface area contributed by atoms with E-state index in [4.69, 9.17) is 19.4 Å². The molecule has 14 heteroatoms. The lowest BCUT2D eigenvalue weighted by Gasteiger charge is -2.28. The molecule has 4 spiro atoms. The second kappa shape index (κ2) is 19.4. The van der Waals surface area contributed by atoms with Gasteiger partial charge in [-0.2, -0.15) is 0 Å². The maximum Gasteiger partial charge on any atom is 0.407 e. The van der Waals surface area contributed by atoms with Gasteiger partial charge in [-0.1, -0.05) is 117 Å². The Morgan fingerprint density at radius 2 is 1.00 bits per heavy atom. The number of imidazole rings is 2. The van der Waals surface area contributed by atoms with Crippen molar-refractivity contribution in [2.24, 2.45) is 21.7 Å². The zero-order valence-corrected chi connectivity index (χ0v) is 47.1. The van der Waals surface area contributed by atoms with Gasteiger partial charge in [0.25, 0.3) is 11.8 Å². The number of H-pyrrole nitrogens is 2. The summed E-state index contributed by atoms with van der Waals surface area (Å²) >= 11 is 0. The van der Waals surface area contributed by atoms with Crippen LogP contribution in [0, 0.1) is 21.7 Å². The molecule has 5 aromatic carbocycles. The van der Waals surface area contributed by atoms with Crippen molar-refractivity contribution in [1.82, 2.24) is 40.4 Å². The number of fused-ring (bicyclic) bond motifs is 3. The molecule has 0 radical (unpaired) electrons. The van der Waals surface area contributed by atoms with Crippen molar-refractivity contribution in [3.63, 3.8) is 0 Å². The van der Waals surface area contributed by atoms with Gasteiger partial charge < -0.3 is 39.9 Å². The van der Waals surface area contributed by atoms with Crippen LogP contribution in [-0.2, 0) is 44.7 Å². The Morgan fingerprint density at radius 3 is 1.50 bits per heavy atom. The van der Waals surface area contributed by atoms with Crippen molar-refractivity contribution >= 4 is 35.0 Å². The lowest BCUT2D eigenvalue weighted by molar-refractivity contribution is -0.135. The number of nitrogens with one attached hydrogen (secondary N) is 4. The van der Waals surface area contributed by atoms with Crippen LogP contribution in [0.2, 0.25) is 0 Å². The number of nitrogens with zero attached hydrogens (tertiary/aromatic N) is 4. The van der Waals surface area contributed by atoms with E-state index in [9.17, 15) is 19.2 Å². The topological polar surface area (TPSA) is 175 Å². The van der Waals surface area contributed by atoms with Crippen LogP contribution in [0.15, 0.2) is 109 Å². The van der Waals surface area contributed by atoms with Gasteiger partial charge in [0.15, 0.2) is 0 Å². The van der Waals surface area contributed by atoms with Crippen LogP contribution < -0.4 is 10.6 Å². The highest BCUT2D eigenvalue weighted by atomic mass is 16.5. The number of hydrogen-bond acceptors (Lipinski definition) is 8. The van der Waals surface area contributed by atoms with Gasteiger partial charge in [0.1, 0.15) is 23.7 Å². The Kier molecular flexibility index (Phi) is 12.1. The minimum atomic E-state index is -0.885. The molecule has 4 saturated carbocycles. The number of hydrogen-bond donors (Lipinski definition) is 4. The van der Waals surface area contributed by atoms with Gasteiger partial charge in [0.2, 0.25) is 0 Å². The number of amides is 4. The lowest BCUT2D eigenvalue weighted by atomic mass is 9.82. The van der Waals surface area contributed by atoms with E-state index in [0.29, 0.717) is 18.7 Å². The monoisotopic (exact) mass is 1100 g/mol. The molecule has 82 heavy (non-hydrogen) atoms. The minimum Gasteiger partial charge on any atom is -0.453 e. The summed E-state index contributed by atoms with van der Waals surface area (Å²) < 4.78 is 10.0. The molecule has 2 saturated heterocycles. The first-order chi connectivity index (χ1) is 39.9. The second-order valence-electron chi connectivity index (χ2n) is 26.2. The molecular formula is C68H72N8O6. The number of carbonyl (C=O) groups is 4. The van der Waals surface area contributed by atoms with Crippen LogP contribution in [0.3, 0.4) is 0 Å². The Hall–Kier alpha value is -7.74. The molecule has 0 unspecified atom stereocenters. The molecule has 0 bridgehead atoms. The number of aromatic nitrogens is 4. The number of alkyl carbamates (subject to hydrolysis) is 2. The highest BCUT2D eigenvalue weighted by Gasteiger charge is 2.57. The average molecular weight is 1100 g/mol. The van der Waals surface area contributed by atoms with Crippen LogP contribution in [0.4, 0.5) is 9.59 Å². The standard InChI is InChI=1S/C68H72N8O6/c1-81-63(79)73-57(41-13-5-3-6-14-41)61(77)75-39-67(27-28-67)36-55(75)59-69-38-54(72-59)47-21-20-46(50-34-66(35-51(47)50)25-11-12-26-66)45-19-18-44(48-32-65(33-49(45)48)23-9-10-24-65)43-17-22-52-53(31-43)71-60(70-52)56-37-68(29-30-68)40-76(56)62(78)58(74-64(80)82-2)42-15-7-4-8-16-42/h3-8,13-22,31,38,55-58H,9-12,23-30,32-37,39-40H2,1-2H3,(H,69,72)(H,70,71)(H,73,79)(H,74,80)/t55-,56-,57-,58-/m0/s1. The molecule has 420 valence electrons. The molecule has 6 fully saturated rings. The summed E-state index contributed by atoms with van der Waals surface area (Å²) in [5, 5.41) is 5.69. The molecule has 4 amide bonds. The lowest BCUT2D eigenvalue weighted by Crippen LogP contribution is -2.43. The summed E-state index contributed by atoms with van der Waals surface area (Å²) in [6.45, 7) is 1.26. The molecule has 6 aliphatic carbocycles. The fraction of sp³-hybridized carbons (Fsp3) is 0.441. The summed E-state index contributed by atoms with van der Waals surface area (Å²) in [5.74, 6) is 1.28. The molecule has 15 rings (SSSR count). The predicted molar refractivity (Wildman–Crippen MR) is 312 cm³/mol. The zero-order chi connectivity index (χ0) is 55.5. The predicted octanol–water partition coefficient (Wildman–Crippen LogP) is 12.9. The number of benzene rings is 5. The molecule has 8 aliphatic rings. The Labute approximate surface area is 478 Å². The summed E-state index contributed by atoms with van der Waals surface area (Å²) in [6, 6.07) is 32.9. The van der Waals surface area contributed by atoms with Gasteiger partial charge in [-0.3, -0.25) is 9.59 Å². The Balaban J connectivity index is 0.763. The third kappa shape index (κ3) is 8.79. The summed E-state index contributed by atoms with van der Waals surface area (Å²) in [4.78, 5) is 76.5. The Morgan fingerprint density at radius 1 is 0.537 bits per heavy atom. The van der Waals surface area contributed by atoms with Gasteiger partial charge in [0, 0.05) is 18.7 Å². The third-order valence-corrected chi connectivity index (χ3v) is 21.2. The first kappa shape index (κ1) is 51.2. The SMILES string of the molecule is COC(=O)N[C@H](C(=O)N1CC2(CC2)C[C@H]1c1ncc(-c2ccc(-c3ccc(-c4ccc5nc([C@@H]6CC7(CC7)CN6C(=O)[C@@H](NC(=O)OC)c6ccccc6)[nH]c5c4)c4c3CC3(CCCC3)C4)c3c2CC2(CCCC2)C3)[nH]1)c1ccccc1. The van der Waals surface area contributed by atoms with Crippen molar-refractivity contribution in [1.29, 1.82) is 0 Å². The third-order valence-electron chi connectivity index (χ3n) is 21.2. The van der Waals surface area contributed by atoms with Crippen LogP contribution in [-0.4, -0.2) is 81.0 Å². The number of likely N-dealkylation sites (tertiary alicyclic amines) is 2. The Bertz CT molecular complexity index is 3700. The normalized spacial score (nSPS) is 22.5. The fourth-order valence-corrected chi connectivity index (χ4v) is 16.5. The van der Waals surface area contributed by atoms with Crippen molar-refractivity contribution in [2.45, 2.75) is 140 Å². The van der Waals surface area contributed by atoms with Gasteiger partial charge in [0.05, 0.1) is 49.2 Å². The molecule has 4 atom stereocenters. The highest BCUT2D eigenvalue weighted by Crippen LogP contribution is 2.61. The van der Waals surface area contributed by atoms with E-state index in [1.807, 2.05) is 76.7 Å². The number of rotatable bonds is 11. The van der Waals surface area contributed by atoms with E-state index >= 15 is 0 Å². The van der Waals surface area contributed by atoms with E-state index in [-0.39, 0.29) is 45.6 Å². The molecule has 4 heterocycles. The first-order valence-electron chi connectivity index (χ1n) is 30.2. The van der Waals surface area contributed by atoms with Crippen LogP contribution in [0.25, 0.3) is 44.5 Å². The van der Waals surface area contributed by atoms with Crippen molar-refractivity contribution < 1.29 is 28.7 Å². The van der Waals surface area contributed by atoms with Gasteiger partial charge in [-0.05, 0) is 179 Å². The largest absolute Gasteiger partial charge is 0.453 e. The van der Waals surface area contributed by atoms with Gasteiger partial charge >= 0.3 is 12.2 Å². The molecular weight excluding hydrogens is 1020 g/mol. The summed E-state index contributed by atoms with van der Waals surface area (Å²) in [7, 11) is 2.65. The fourth-order valence-electron chi connectivity index (χ4n) is 16.5. The number of aromatic amines is 2. The molecule has 14 nitrogen and oxygen atoms in total. The minimum absolute atomic E-state index is 0.0669. The van der Waals surface area contributed by atoms with E-state index in [1.54, 1.807) is 0 Å². The van der Waals surface area contributed by atoms with Crippen molar-refractivity contribution in [2.75, 3.05) is 27.3 Å². The van der Waals surface area contributed by atoms with Gasteiger partial charge in [-0.15, -0.1) is 0 Å². The highest BCUT2D eigenvalue weighted by molar-refractivity contribution is 5.90. The maximum atomic E-state index is 14.7. The number of carbonyl (C=O) groups excluding carboxylic acids is 4. The second-order valence-corrected chi connectivity index (χ2v) is 26.2. The van der Waals surface area contributed by atoms with Crippen molar-refractivity contribution in [3.05, 3.63) is 154 Å². The zero-order valence-electron chi connectivity index (χ0n) is 47.1. The summed E-state index contributed by atoms with van der Waals surface area (Å²) in [6.07, 6.45) is 21.1.